The number of aryl methyl sites for hydroxylation is 1. The van der Waals surface area contributed by atoms with Crippen molar-refractivity contribution in [3.63, 3.8) is 0 Å². The van der Waals surface area contributed by atoms with Crippen LogP contribution in [0.25, 0.3) is 10.9 Å². The average molecular weight is 429 g/mol. The molecule has 0 bridgehead atoms. The Hall–Kier alpha value is -0.690. The van der Waals surface area contributed by atoms with E-state index >= 15 is 0 Å². The van der Waals surface area contributed by atoms with Gasteiger partial charge in [0.1, 0.15) is 0 Å². The van der Waals surface area contributed by atoms with Crippen LogP contribution in [0.2, 0.25) is 0 Å². The summed E-state index contributed by atoms with van der Waals surface area (Å²) in [5, 5.41) is 9.32. The van der Waals surface area contributed by atoms with Crippen LogP contribution in [0.3, 0.4) is 0 Å². The fraction of sp³-hybridized carbons (Fsp3) is 0.267. The third kappa shape index (κ3) is 2.95. The van der Waals surface area contributed by atoms with Gasteiger partial charge in [0.15, 0.2) is 0 Å². The summed E-state index contributed by atoms with van der Waals surface area (Å²) in [7, 11) is 4.00. The van der Waals surface area contributed by atoms with Crippen LogP contribution >= 0.6 is 43.2 Å². The minimum absolute atomic E-state index is 0.260. The van der Waals surface area contributed by atoms with Gasteiger partial charge in [-0.05, 0) is 51.0 Å². The van der Waals surface area contributed by atoms with E-state index in [2.05, 4.69) is 67.5 Å². The number of benzene rings is 1. The number of thiophene rings is 1. The predicted octanol–water partition coefficient (Wildman–Crippen LogP) is 4.66. The van der Waals surface area contributed by atoms with Gasteiger partial charge in [-0.25, -0.2) is 0 Å². The van der Waals surface area contributed by atoms with Gasteiger partial charge in [-0.3, -0.25) is 4.68 Å². The Morgan fingerprint density at radius 3 is 2.76 bits per heavy atom. The number of nitrogens with one attached hydrogen (secondary N) is 1. The molecule has 0 saturated carbocycles. The minimum atomic E-state index is 0.260. The van der Waals surface area contributed by atoms with Crippen molar-refractivity contribution in [2.45, 2.75) is 12.5 Å². The number of halogens is 2. The van der Waals surface area contributed by atoms with E-state index < -0.39 is 0 Å². The summed E-state index contributed by atoms with van der Waals surface area (Å²) in [6.45, 7) is 0. The molecule has 1 atom stereocenters. The van der Waals surface area contributed by atoms with Crippen LogP contribution in [-0.4, -0.2) is 16.8 Å². The van der Waals surface area contributed by atoms with Gasteiger partial charge in [0.25, 0.3) is 0 Å². The van der Waals surface area contributed by atoms with Crippen molar-refractivity contribution in [2.24, 2.45) is 7.05 Å². The first-order chi connectivity index (χ1) is 10.1. The lowest BCUT2D eigenvalue weighted by atomic mass is 10.1. The Labute approximate surface area is 144 Å². The average Bonchev–Trinajstić information content (AvgIpc) is 2.98. The number of hydrogen-bond donors (Lipinski definition) is 1. The number of fused-ring (bicyclic) bond motifs is 1. The molecule has 0 aliphatic heterocycles. The fourth-order valence-electron chi connectivity index (χ4n) is 2.51. The molecule has 0 amide bonds. The Balaban J connectivity index is 1.96. The van der Waals surface area contributed by atoms with Crippen LogP contribution in [0.5, 0.6) is 0 Å². The number of hydrogen-bond acceptors (Lipinski definition) is 3. The molecule has 0 aliphatic rings. The Morgan fingerprint density at radius 1 is 1.33 bits per heavy atom. The van der Waals surface area contributed by atoms with E-state index in [1.807, 2.05) is 18.8 Å². The minimum Gasteiger partial charge on any atom is -0.312 e. The topological polar surface area (TPSA) is 29.9 Å². The Morgan fingerprint density at radius 2 is 2.10 bits per heavy atom. The molecule has 2 heterocycles. The molecule has 3 nitrogen and oxygen atoms in total. The molecule has 6 heteroatoms. The first-order valence-electron chi connectivity index (χ1n) is 6.62. The second-order valence-electron chi connectivity index (χ2n) is 4.90. The van der Waals surface area contributed by atoms with Crippen LogP contribution in [0, 0.1) is 0 Å². The molecule has 2 aromatic heterocycles. The van der Waals surface area contributed by atoms with Crippen molar-refractivity contribution in [3.8, 4) is 0 Å². The first-order valence-corrected chi connectivity index (χ1v) is 9.03. The maximum absolute atomic E-state index is 4.69. The van der Waals surface area contributed by atoms with E-state index in [-0.39, 0.29) is 6.04 Å². The Kier molecular flexibility index (Phi) is 4.49. The maximum Gasteiger partial charge on any atom is 0.0843 e. The summed E-state index contributed by atoms with van der Waals surface area (Å²) in [5.74, 6) is 0. The quantitative estimate of drug-likeness (QED) is 0.654. The Bertz CT molecular complexity index is 759. The summed E-state index contributed by atoms with van der Waals surface area (Å²) in [6.07, 6.45) is 0.872. The van der Waals surface area contributed by atoms with Gasteiger partial charge in [-0.1, -0.05) is 18.2 Å². The molecule has 21 heavy (non-hydrogen) atoms. The van der Waals surface area contributed by atoms with Crippen LogP contribution in [0.1, 0.15) is 16.6 Å². The monoisotopic (exact) mass is 427 g/mol. The van der Waals surface area contributed by atoms with Crippen LogP contribution < -0.4 is 5.32 Å². The van der Waals surface area contributed by atoms with Crippen LogP contribution in [0.4, 0.5) is 0 Å². The van der Waals surface area contributed by atoms with Crippen molar-refractivity contribution in [1.29, 1.82) is 0 Å². The van der Waals surface area contributed by atoms with Gasteiger partial charge in [-0.2, -0.15) is 5.10 Å². The first kappa shape index (κ1) is 15.2. The number of likely N-dealkylation sites (N-methyl/N-ethyl adjacent to an activating group) is 1. The zero-order chi connectivity index (χ0) is 15.0. The van der Waals surface area contributed by atoms with Crippen molar-refractivity contribution in [2.75, 3.05) is 7.05 Å². The van der Waals surface area contributed by atoms with Crippen molar-refractivity contribution < 1.29 is 0 Å². The van der Waals surface area contributed by atoms with Crippen molar-refractivity contribution >= 4 is 54.1 Å². The van der Waals surface area contributed by atoms with E-state index in [1.54, 1.807) is 11.3 Å². The van der Waals surface area contributed by atoms with Crippen molar-refractivity contribution in [3.05, 3.63) is 49.2 Å². The van der Waals surface area contributed by atoms with Gasteiger partial charge in [-0.15, -0.1) is 11.3 Å². The van der Waals surface area contributed by atoms with E-state index in [0.29, 0.717) is 0 Å². The molecule has 0 aliphatic carbocycles. The summed E-state index contributed by atoms with van der Waals surface area (Å²) < 4.78 is 4.19. The molecular formula is C15H15Br2N3S. The van der Waals surface area contributed by atoms with Crippen LogP contribution in [-0.2, 0) is 13.5 Å². The van der Waals surface area contributed by atoms with Crippen molar-refractivity contribution in [1.82, 2.24) is 15.1 Å². The van der Waals surface area contributed by atoms with E-state index in [4.69, 9.17) is 5.10 Å². The largest absolute Gasteiger partial charge is 0.312 e. The molecule has 0 spiro atoms. The van der Waals surface area contributed by atoms with Gasteiger partial charge >= 0.3 is 0 Å². The second-order valence-corrected chi connectivity index (χ2v) is 8.16. The lowest BCUT2D eigenvalue weighted by Gasteiger charge is -2.13. The molecule has 0 saturated heterocycles. The molecule has 3 aromatic rings. The highest BCUT2D eigenvalue weighted by Gasteiger charge is 2.18. The van der Waals surface area contributed by atoms with Crippen LogP contribution in [0.15, 0.2) is 38.6 Å². The third-order valence-electron chi connectivity index (χ3n) is 3.59. The molecule has 3 rings (SSSR count). The summed E-state index contributed by atoms with van der Waals surface area (Å²) in [6, 6.07) is 10.8. The highest BCUT2D eigenvalue weighted by molar-refractivity contribution is 9.13. The standard InChI is InChI=1S/C15H15Br2N3S/c1-18-12(14-7-10(16)15(17)21-14)8-11-9-5-3-4-6-13(9)20(2)19-11/h3-7,12,18H,8H2,1-2H3. The number of para-hydroxylation sites is 1. The molecule has 0 fully saturated rings. The van der Waals surface area contributed by atoms with E-state index in [0.717, 1.165) is 20.4 Å². The zero-order valence-corrected chi connectivity index (χ0v) is 15.7. The van der Waals surface area contributed by atoms with Gasteiger partial charge in [0.05, 0.1) is 15.0 Å². The van der Waals surface area contributed by atoms with E-state index in [9.17, 15) is 0 Å². The lowest BCUT2D eigenvalue weighted by molar-refractivity contribution is 0.588. The highest BCUT2D eigenvalue weighted by atomic mass is 79.9. The normalized spacial score (nSPS) is 13.0. The fourth-order valence-corrected chi connectivity index (χ4v) is 4.71. The number of nitrogens with zero attached hydrogens (tertiary/aromatic N) is 2. The summed E-state index contributed by atoms with van der Waals surface area (Å²) in [5.41, 5.74) is 2.31. The van der Waals surface area contributed by atoms with E-state index in [1.165, 1.54) is 15.8 Å². The predicted molar refractivity (Wildman–Crippen MR) is 95.9 cm³/mol. The third-order valence-corrected chi connectivity index (χ3v) is 6.96. The smallest absolute Gasteiger partial charge is 0.0843 e. The van der Waals surface area contributed by atoms with Gasteiger partial charge in [0, 0.05) is 34.2 Å². The molecule has 1 unspecified atom stereocenters. The highest BCUT2D eigenvalue weighted by Crippen LogP contribution is 2.36. The molecular weight excluding hydrogens is 414 g/mol. The molecule has 0 radical (unpaired) electrons. The molecule has 1 N–H and O–H groups in total. The zero-order valence-electron chi connectivity index (χ0n) is 11.7. The lowest BCUT2D eigenvalue weighted by Crippen LogP contribution is -2.18. The summed E-state index contributed by atoms with van der Waals surface area (Å²) >= 11 is 8.88. The number of aromatic nitrogens is 2. The SMILES string of the molecule is CNC(Cc1nn(C)c2ccccc12)c1cc(Br)c(Br)s1. The second kappa shape index (κ2) is 6.20. The maximum atomic E-state index is 4.69. The van der Waals surface area contributed by atoms with Gasteiger partial charge < -0.3 is 5.32 Å². The van der Waals surface area contributed by atoms with Gasteiger partial charge in [0.2, 0.25) is 0 Å². The molecule has 1 aromatic carbocycles. The number of rotatable bonds is 4. The molecule has 110 valence electrons. The summed E-state index contributed by atoms with van der Waals surface area (Å²) in [4.78, 5) is 1.30.